The van der Waals surface area contributed by atoms with E-state index < -0.39 is 0 Å². The Morgan fingerprint density at radius 3 is 2.50 bits per heavy atom. The van der Waals surface area contributed by atoms with Crippen LogP contribution in [0.3, 0.4) is 0 Å². The van der Waals surface area contributed by atoms with E-state index in [9.17, 15) is 0 Å². The van der Waals surface area contributed by atoms with Crippen LogP contribution in [0.1, 0.15) is 33.6 Å². The first-order valence-corrected chi connectivity index (χ1v) is 4.85. The third kappa shape index (κ3) is 6.62. The van der Waals surface area contributed by atoms with Crippen molar-refractivity contribution in [1.29, 1.82) is 0 Å². The van der Waals surface area contributed by atoms with E-state index in [4.69, 9.17) is 4.74 Å². The highest BCUT2D eigenvalue weighted by Crippen LogP contribution is 2.20. The summed E-state index contributed by atoms with van der Waals surface area (Å²) in [5.41, 5.74) is 0.409. The van der Waals surface area contributed by atoms with E-state index in [1.165, 1.54) is 12.8 Å². The zero-order chi connectivity index (χ0) is 9.45. The molecule has 0 aromatic carbocycles. The molecule has 0 unspecified atom stereocenters. The van der Waals surface area contributed by atoms with Gasteiger partial charge in [-0.05, 0) is 38.8 Å². The normalized spacial score (nSPS) is 12.0. The summed E-state index contributed by atoms with van der Waals surface area (Å²) in [6, 6.07) is 0. The highest BCUT2D eigenvalue weighted by atomic mass is 16.5. The van der Waals surface area contributed by atoms with Crippen LogP contribution in [-0.2, 0) is 4.74 Å². The van der Waals surface area contributed by atoms with Crippen LogP contribution in [0.4, 0.5) is 0 Å². The number of nitrogens with one attached hydrogen (secondary N) is 1. The van der Waals surface area contributed by atoms with Gasteiger partial charge in [0.15, 0.2) is 0 Å². The molecular weight excluding hydrogens is 150 g/mol. The fraction of sp³-hybridized carbons (Fsp3) is 1.00. The van der Waals surface area contributed by atoms with Gasteiger partial charge in [-0.25, -0.2) is 0 Å². The van der Waals surface area contributed by atoms with Crippen molar-refractivity contribution < 1.29 is 4.74 Å². The summed E-state index contributed by atoms with van der Waals surface area (Å²) < 4.78 is 5.29. The van der Waals surface area contributed by atoms with Gasteiger partial charge in [0.2, 0.25) is 0 Å². The van der Waals surface area contributed by atoms with Gasteiger partial charge in [0.1, 0.15) is 0 Å². The van der Waals surface area contributed by atoms with Crippen LogP contribution in [0.25, 0.3) is 0 Å². The summed E-state index contributed by atoms with van der Waals surface area (Å²) in [4.78, 5) is 0. The third-order valence-electron chi connectivity index (χ3n) is 2.00. The molecule has 0 aromatic heterocycles. The van der Waals surface area contributed by atoms with Crippen molar-refractivity contribution >= 4 is 0 Å². The Morgan fingerprint density at radius 2 is 2.00 bits per heavy atom. The predicted octanol–water partition coefficient (Wildman–Crippen LogP) is 2.05. The Balaban J connectivity index is 3.33. The van der Waals surface area contributed by atoms with Crippen molar-refractivity contribution in [3.8, 4) is 0 Å². The van der Waals surface area contributed by atoms with E-state index in [1.54, 1.807) is 0 Å². The van der Waals surface area contributed by atoms with E-state index >= 15 is 0 Å². The fourth-order valence-corrected chi connectivity index (χ4v) is 1.36. The van der Waals surface area contributed by atoms with Crippen LogP contribution in [0.2, 0.25) is 0 Å². The fourth-order valence-electron chi connectivity index (χ4n) is 1.36. The predicted molar refractivity (Wildman–Crippen MR) is 53.4 cm³/mol. The lowest BCUT2D eigenvalue weighted by Crippen LogP contribution is -2.26. The summed E-state index contributed by atoms with van der Waals surface area (Å²) in [5.74, 6) is 0. The molecule has 0 aliphatic rings. The minimum atomic E-state index is 0.409. The van der Waals surface area contributed by atoms with E-state index in [0.717, 1.165) is 19.8 Å². The quantitative estimate of drug-likeness (QED) is 0.595. The van der Waals surface area contributed by atoms with Gasteiger partial charge in [0.25, 0.3) is 0 Å². The number of hydrogen-bond acceptors (Lipinski definition) is 2. The van der Waals surface area contributed by atoms with Crippen LogP contribution < -0.4 is 5.32 Å². The molecular formula is C10H23NO. The second kappa shape index (κ2) is 6.44. The van der Waals surface area contributed by atoms with Crippen molar-refractivity contribution in [2.24, 2.45) is 5.41 Å². The number of hydrogen-bond donors (Lipinski definition) is 1. The lowest BCUT2D eigenvalue weighted by Gasteiger charge is -2.23. The van der Waals surface area contributed by atoms with Crippen LogP contribution in [0.5, 0.6) is 0 Å². The van der Waals surface area contributed by atoms with Gasteiger partial charge in [-0.1, -0.05) is 13.8 Å². The molecule has 2 nitrogen and oxygen atoms in total. The molecule has 0 aliphatic heterocycles. The van der Waals surface area contributed by atoms with Crippen molar-refractivity contribution in [3.63, 3.8) is 0 Å². The van der Waals surface area contributed by atoms with Crippen molar-refractivity contribution in [2.75, 3.05) is 26.8 Å². The van der Waals surface area contributed by atoms with Gasteiger partial charge >= 0.3 is 0 Å². The molecule has 2 heteroatoms. The molecule has 0 rings (SSSR count). The maximum absolute atomic E-state index is 5.29. The van der Waals surface area contributed by atoms with Crippen molar-refractivity contribution in [2.45, 2.75) is 33.6 Å². The van der Waals surface area contributed by atoms with Gasteiger partial charge in [0.05, 0.1) is 0 Å². The van der Waals surface area contributed by atoms with E-state index in [2.05, 4.69) is 19.2 Å². The van der Waals surface area contributed by atoms with E-state index in [-0.39, 0.29) is 0 Å². The second-order valence-electron chi connectivity index (χ2n) is 4.00. The molecule has 0 saturated carbocycles. The first kappa shape index (κ1) is 11.9. The molecule has 0 spiro atoms. The Labute approximate surface area is 76.7 Å². The van der Waals surface area contributed by atoms with Crippen molar-refractivity contribution in [1.82, 2.24) is 5.32 Å². The molecule has 0 heterocycles. The molecule has 74 valence electrons. The SMILES string of the molecule is CCOCCCC(C)(C)CNC. The Hall–Kier alpha value is -0.0800. The van der Waals surface area contributed by atoms with E-state index in [0.29, 0.717) is 5.41 Å². The minimum Gasteiger partial charge on any atom is -0.382 e. The minimum absolute atomic E-state index is 0.409. The Morgan fingerprint density at radius 1 is 1.33 bits per heavy atom. The Kier molecular flexibility index (Phi) is 6.39. The third-order valence-corrected chi connectivity index (χ3v) is 2.00. The number of rotatable bonds is 7. The van der Waals surface area contributed by atoms with Gasteiger partial charge in [-0.3, -0.25) is 0 Å². The highest BCUT2D eigenvalue weighted by molar-refractivity contribution is 4.69. The molecule has 0 bridgehead atoms. The summed E-state index contributed by atoms with van der Waals surface area (Å²) >= 11 is 0. The molecule has 0 amide bonds. The average Bonchev–Trinajstić information content (AvgIpc) is 1.98. The second-order valence-corrected chi connectivity index (χ2v) is 4.00. The first-order chi connectivity index (χ1) is 5.62. The molecule has 0 saturated heterocycles. The van der Waals surface area contributed by atoms with Gasteiger partial charge in [-0.2, -0.15) is 0 Å². The molecule has 0 atom stereocenters. The lowest BCUT2D eigenvalue weighted by molar-refractivity contribution is 0.132. The maximum Gasteiger partial charge on any atom is 0.0466 e. The zero-order valence-electron chi connectivity index (χ0n) is 8.94. The van der Waals surface area contributed by atoms with Gasteiger partial charge in [0, 0.05) is 13.2 Å². The Bertz CT molecular complexity index is 102. The van der Waals surface area contributed by atoms with Crippen LogP contribution in [-0.4, -0.2) is 26.8 Å². The maximum atomic E-state index is 5.29. The topological polar surface area (TPSA) is 21.3 Å². The molecule has 0 aliphatic carbocycles. The van der Waals surface area contributed by atoms with Crippen LogP contribution in [0.15, 0.2) is 0 Å². The molecule has 1 N–H and O–H groups in total. The summed E-state index contributed by atoms with van der Waals surface area (Å²) in [6.45, 7) is 9.44. The standard InChI is InChI=1S/C10H23NO/c1-5-12-8-6-7-10(2,3)9-11-4/h11H,5-9H2,1-4H3. The summed E-state index contributed by atoms with van der Waals surface area (Å²) in [7, 11) is 2.00. The summed E-state index contributed by atoms with van der Waals surface area (Å²) in [5, 5.41) is 3.21. The zero-order valence-corrected chi connectivity index (χ0v) is 8.94. The van der Waals surface area contributed by atoms with E-state index in [1.807, 2.05) is 14.0 Å². The smallest absolute Gasteiger partial charge is 0.0466 e. The number of ether oxygens (including phenoxy) is 1. The van der Waals surface area contributed by atoms with Gasteiger partial charge in [-0.15, -0.1) is 0 Å². The highest BCUT2D eigenvalue weighted by Gasteiger charge is 2.15. The molecule has 0 aromatic rings. The molecule has 12 heavy (non-hydrogen) atoms. The van der Waals surface area contributed by atoms with Crippen LogP contribution >= 0.6 is 0 Å². The average molecular weight is 173 g/mol. The summed E-state index contributed by atoms with van der Waals surface area (Å²) in [6.07, 6.45) is 2.40. The first-order valence-electron chi connectivity index (χ1n) is 4.85. The largest absolute Gasteiger partial charge is 0.382 e. The monoisotopic (exact) mass is 173 g/mol. The van der Waals surface area contributed by atoms with Gasteiger partial charge < -0.3 is 10.1 Å². The van der Waals surface area contributed by atoms with Crippen LogP contribution in [0, 0.1) is 5.41 Å². The molecule has 0 fully saturated rings. The molecule has 0 radical (unpaired) electrons. The van der Waals surface area contributed by atoms with Crippen molar-refractivity contribution in [3.05, 3.63) is 0 Å². The lowest BCUT2D eigenvalue weighted by atomic mass is 9.88.